The predicted molar refractivity (Wildman–Crippen MR) is 80.2 cm³/mol. The second-order valence-corrected chi connectivity index (χ2v) is 5.62. The van der Waals surface area contributed by atoms with Gasteiger partial charge in [0.1, 0.15) is 11.6 Å². The molecule has 0 fully saturated rings. The summed E-state index contributed by atoms with van der Waals surface area (Å²) < 4.78 is 19.0. The van der Waals surface area contributed by atoms with E-state index in [-0.39, 0.29) is 5.82 Å². The number of halogens is 4. The van der Waals surface area contributed by atoms with E-state index in [0.29, 0.717) is 26.9 Å². The van der Waals surface area contributed by atoms with E-state index in [4.69, 9.17) is 27.9 Å². The van der Waals surface area contributed by atoms with Crippen LogP contribution in [0.2, 0.25) is 10.0 Å². The molecule has 2 aromatic rings. The van der Waals surface area contributed by atoms with Crippen LogP contribution in [-0.2, 0) is 0 Å². The molecule has 5 heteroatoms. The summed E-state index contributed by atoms with van der Waals surface area (Å²) >= 11 is 15.7. The number of benzene rings is 2. The Balaban J connectivity index is 2.47. The lowest BCUT2D eigenvalue weighted by Gasteiger charge is -2.15. The van der Waals surface area contributed by atoms with E-state index >= 15 is 0 Å². The highest BCUT2D eigenvalue weighted by Crippen LogP contribution is 2.40. The van der Waals surface area contributed by atoms with Gasteiger partial charge in [-0.3, -0.25) is 0 Å². The first-order chi connectivity index (χ1) is 9.04. The van der Waals surface area contributed by atoms with Crippen molar-refractivity contribution in [3.05, 3.63) is 63.4 Å². The molecule has 1 atom stereocenters. The number of ether oxygens (including phenoxy) is 1. The molecule has 0 saturated carbocycles. The van der Waals surface area contributed by atoms with Gasteiger partial charge >= 0.3 is 0 Å². The Morgan fingerprint density at radius 3 is 2.32 bits per heavy atom. The summed E-state index contributed by atoms with van der Waals surface area (Å²) in [7, 11) is 1.49. The molecule has 100 valence electrons. The predicted octanol–water partition coefficient (Wildman–Crippen LogP) is 5.63. The lowest BCUT2D eigenvalue weighted by molar-refractivity contribution is 0.411. The summed E-state index contributed by atoms with van der Waals surface area (Å²) in [6.45, 7) is 0. The molecule has 1 unspecified atom stereocenters. The molecule has 0 spiro atoms. The summed E-state index contributed by atoms with van der Waals surface area (Å²) in [6.07, 6.45) is 0. The van der Waals surface area contributed by atoms with E-state index in [1.807, 2.05) is 0 Å². The smallest absolute Gasteiger partial charge is 0.131 e. The van der Waals surface area contributed by atoms with Crippen molar-refractivity contribution in [2.45, 2.75) is 4.83 Å². The third kappa shape index (κ3) is 3.04. The third-order valence-electron chi connectivity index (χ3n) is 2.73. The van der Waals surface area contributed by atoms with Crippen LogP contribution in [0.4, 0.5) is 4.39 Å². The Hall–Kier alpha value is -0.770. The molecule has 0 saturated heterocycles. The highest BCUT2D eigenvalue weighted by molar-refractivity contribution is 9.09. The van der Waals surface area contributed by atoms with Crippen LogP contribution in [0.25, 0.3) is 0 Å². The van der Waals surface area contributed by atoms with E-state index in [0.717, 1.165) is 0 Å². The average molecular weight is 364 g/mol. The first kappa shape index (κ1) is 14.6. The van der Waals surface area contributed by atoms with Crippen LogP contribution in [0.3, 0.4) is 0 Å². The molecule has 0 aliphatic heterocycles. The van der Waals surface area contributed by atoms with Crippen LogP contribution >= 0.6 is 39.1 Å². The summed E-state index contributed by atoms with van der Waals surface area (Å²) in [5.74, 6) is 0.0865. The van der Waals surface area contributed by atoms with Crippen molar-refractivity contribution in [3.8, 4) is 5.75 Å². The largest absolute Gasteiger partial charge is 0.497 e. The minimum atomic E-state index is -0.417. The van der Waals surface area contributed by atoms with Crippen LogP contribution in [0.15, 0.2) is 36.4 Å². The van der Waals surface area contributed by atoms with Gasteiger partial charge in [0, 0.05) is 27.2 Å². The maximum absolute atomic E-state index is 14.0. The maximum atomic E-state index is 14.0. The van der Waals surface area contributed by atoms with E-state index in [9.17, 15) is 4.39 Å². The normalized spacial score (nSPS) is 12.3. The van der Waals surface area contributed by atoms with Crippen molar-refractivity contribution in [2.24, 2.45) is 0 Å². The van der Waals surface area contributed by atoms with Crippen LogP contribution in [0, 0.1) is 5.82 Å². The Kier molecular flexibility index (Phi) is 4.71. The molecule has 0 N–H and O–H groups in total. The maximum Gasteiger partial charge on any atom is 0.131 e. The van der Waals surface area contributed by atoms with Crippen LogP contribution in [-0.4, -0.2) is 7.11 Å². The first-order valence-corrected chi connectivity index (χ1v) is 7.13. The second-order valence-electron chi connectivity index (χ2n) is 3.89. The van der Waals surface area contributed by atoms with Gasteiger partial charge in [0.2, 0.25) is 0 Å². The van der Waals surface area contributed by atoms with E-state index in [1.165, 1.54) is 13.2 Å². The highest BCUT2D eigenvalue weighted by Gasteiger charge is 2.20. The zero-order chi connectivity index (χ0) is 14.0. The van der Waals surface area contributed by atoms with Gasteiger partial charge in [-0.25, -0.2) is 4.39 Å². The first-order valence-electron chi connectivity index (χ1n) is 5.46. The van der Waals surface area contributed by atoms with Crippen molar-refractivity contribution in [3.63, 3.8) is 0 Å². The van der Waals surface area contributed by atoms with Gasteiger partial charge in [-0.15, -0.1) is 0 Å². The number of hydrogen-bond donors (Lipinski definition) is 0. The topological polar surface area (TPSA) is 9.23 Å². The fourth-order valence-electron chi connectivity index (χ4n) is 1.75. The summed E-state index contributed by atoms with van der Waals surface area (Å²) in [6, 6.07) is 9.86. The number of hydrogen-bond acceptors (Lipinski definition) is 1. The van der Waals surface area contributed by atoms with Crippen LogP contribution < -0.4 is 4.74 Å². The third-order valence-corrected chi connectivity index (χ3v) is 4.34. The summed E-state index contributed by atoms with van der Waals surface area (Å²) in [5, 5.41) is 0.981. The van der Waals surface area contributed by atoms with Gasteiger partial charge in [0.05, 0.1) is 11.9 Å². The average Bonchev–Trinajstić information content (AvgIpc) is 2.38. The van der Waals surface area contributed by atoms with Gasteiger partial charge in [-0.2, -0.15) is 0 Å². The molecule has 0 bridgehead atoms. The van der Waals surface area contributed by atoms with Crippen molar-refractivity contribution in [2.75, 3.05) is 7.11 Å². The van der Waals surface area contributed by atoms with Crippen molar-refractivity contribution in [1.29, 1.82) is 0 Å². The molecule has 0 heterocycles. The molecule has 2 rings (SSSR count). The number of alkyl halides is 1. The lowest BCUT2D eigenvalue weighted by Crippen LogP contribution is -1.99. The van der Waals surface area contributed by atoms with Gasteiger partial charge in [0.15, 0.2) is 0 Å². The number of rotatable bonds is 3. The molecule has 0 aliphatic carbocycles. The Bertz CT molecular complexity index is 584. The van der Waals surface area contributed by atoms with Crippen LogP contribution in [0.5, 0.6) is 5.75 Å². The van der Waals surface area contributed by atoms with Gasteiger partial charge < -0.3 is 4.74 Å². The zero-order valence-corrected chi connectivity index (χ0v) is 13.1. The summed E-state index contributed by atoms with van der Waals surface area (Å²) in [4.78, 5) is -0.417. The second kappa shape index (κ2) is 6.12. The fraction of sp³-hybridized carbons (Fsp3) is 0.143. The molecular weight excluding hydrogens is 354 g/mol. The van der Waals surface area contributed by atoms with Crippen molar-refractivity contribution < 1.29 is 9.13 Å². The molecule has 0 aromatic heterocycles. The number of methoxy groups -OCH3 is 1. The quantitative estimate of drug-likeness (QED) is 0.642. The van der Waals surface area contributed by atoms with E-state index < -0.39 is 4.83 Å². The molecule has 19 heavy (non-hydrogen) atoms. The Labute approximate surface area is 129 Å². The van der Waals surface area contributed by atoms with Crippen molar-refractivity contribution >= 4 is 39.1 Å². The SMILES string of the molecule is COc1ccc(C(Br)c2c(Cl)cccc2Cl)c(F)c1. The molecule has 0 radical (unpaired) electrons. The van der Waals surface area contributed by atoms with E-state index in [1.54, 1.807) is 30.3 Å². The molecule has 2 aromatic carbocycles. The highest BCUT2D eigenvalue weighted by atomic mass is 79.9. The van der Waals surface area contributed by atoms with Crippen molar-refractivity contribution in [1.82, 2.24) is 0 Å². The Morgan fingerprint density at radius 1 is 1.16 bits per heavy atom. The van der Waals surface area contributed by atoms with Gasteiger partial charge in [-0.1, -0.05) is 51.3 Å². The van der Waals surface area contributed by atoms with Gasteiger partial charge in [-0.05, 0) is 18.2 Å². The van der Waals surface area contributed by atoms with Crippen LogP contribution in [0.1, 0.15) is 16.0 Å². The summed E-state index contributed by atoms with van der Waals surface area (Å²) in [5.41, 5.74) is 1.10. The minimum Gasteiger partial charge on any atom is -0.497 e. The lowest BCUT2D eigenvalue weighted by atomic mass is 10.0. The standard InChI is InChI=1S/C14H10BrCl2FO/c1-19-8-5-6-9(12(18)7-8)14(15)13-10(16)3-2-4-11(13)17/h2-7,14H,1H3. The van der Waals surface area contributed by atoms with E-state index in [2.05, 4.69) is 15.9 Å². The Morgan fingerprint density at radius 2 is 1.79 bits per heavy atom. The van der Waals surface area contributed by atoms with Gasteiger partial charge in [0.25, 0.3) is 0 Å². The zero-order valence-electron chi connectivity index (χ0n) is 9.96. The molecule has 1 nitrogen and oxygen atoms in total. The molecule has 0 aliphatic rings. The minimum absolute atomic E-state index is 0.378. The monoisotopic (exact) mass is 362 g/mol. The fourth-order valence-corrected chi connectivity index (χ4v) is 3.49. The molecular formula is C14H10BrCl2FO. The molecule has 0 amide bonds.